The van der Waals surface area contributed by atoms with Crippen LogP contribution in [0.15, 0.2) is 29.6 Å². The van der Waals surface area contributed by atoms with E-state index < -0.39 is 0 Å². The molecular formula is C22H32N4O2S. The van der Waals surface area contributed by atoms with Gasteiger partial charge < -0.3 is 15.5 Å². The van der Waals surface area contributed by atoms with E-state index in [1.165, 1.54) is 16.9 Å². The smallest absolute Gasteiger partial charge is 0.322 e. The molecule has 1 aromatic carbocycles. The minimum Gasteiger partial charge on any atom is -0.348 e. The molecule has 1 heterocycles. The third-order valence-corrected chi connectivity index (χ3v) is 5.63. The van der Waals surface area contributed by atoms with Crippen LogP contribution in [0.25, 0.3) is 0 Å². The summed E-state index contributed by atoms with van der Waals surface area (Å²) in [5, 5.41) is 8.35. The van der Waals surface area contributed by atoms with E-state index in [0.717, 1.165) is 17.1 Å². The van der Waals surface area contributed by atoms with Crippen molar-refractivity contribution in [2.24, 2.45) is 0 Å². The molecule has 0 radical (unpaired) electrons. The normalized spacial score (nSPS) is 12.1. The van der Waals surface area contributed by atoms with Crippen molar-refractivity contribution in [3.05, 3.63) is 45.9 Å². The Morgan fingerprint density at radius 1 is 1.10 bits per heavy atom. The highest BCUT2D eigenvalue weighted by Gasteiger charge is 2.20. The molecule has 0 bridgehead atoms. The fraction of sp³-hybridized carbons (Fsp3) is 0.500. The molecule has 1 unspecified atom stereocenters. The number of hydrogen-bond acceptors (Lipinski definition) is 4. The van der Waals surface area contributed by atoms with Gasteiger partial charge in [0.25, 0.3) is 5.91 Å². The fourth-order valence-corrected chi connectivity index (χ4v) is 3.44. The lowest BCUT2D eigenvalue weighted by Crippen LogP contribution is -2.39. The summed E-state index contributed by atoms with van der Waals surface area (Å²) < 4.78 is 0. The minimum absolute atomic E-state index is 0.00812. The van der Waals surface area contributed by atoms with E-state index >= 15 is 0 Å². The van der Waals surface area contributed by atoms with Crippen LogP contribution >= 0.6 is 11.3 Å². The van der Waals surface area contributed by atoms with Crippen LogP contribution in [0.2, 0.25) is 0 Å². The predicted molar refractivity (Wildman–Crippen MR) is 120 cm³/mol. The molecule has 2 N–H and O–H groups in total. The number of urea groups is 1. The molecule has 29 heavy (non-hydrogen) atoms. The van der Waals surface area contributed by atoms with E-state index in [9.17, 15) is 9.59 Å². The zero-order valence-electron chi connectivity index (χ0n) is 18.2. The van der Waals surface area contributed by atoms with Crippen LogP contribution < -0.4 is 10.6 Å². The molecule has 0 saturated carbocycles. The number of nitrogens with one attached hydrogen (secondary N) is 2. The summed E-state index contributed by atoms with van der Waals surface area (Å²) in [6.45, 7) is 12.5. The topological polar surface area (TPSA) is 74.3 Å². The van der Waals surface area contributed by atoms with Gasteiger partial charge in [0.15, 0.2) is 0 Å². The van der Waals surface area contributed by atoms with Gasteiger partial charge in [-0.15, -0.1) is 11.3 Å². The van der Waals surface area contributed by atoms with Crippen LogP contribution in [0.5, 0.6) is 0 Å². The van der Waals surface area contributed by atoms with Crippen molar-refractivity contribution in [1.29, 1.82) is 0 Å². The Balaban J connectivity index is 2.04. The summed E-state index contributed by atoms with van der Waals surface area (Å²) in [6, 6.07) is 7.82. The van der Waals surface area contributed by atoms with Crippen LogP contribution in [0, 0.1) is 0 Å². The van der Waals surface area contributed by atoms with E-state index in [0.29, 0.717) is 18.2 Å². The second-order valence-electron chi connectivity index (χ2n) is 7.84. The molecule has 6 nitrogen and oxygen atoms in total. The molecule has 0 saturated heterocycles. The summed E-state index contributed by atoms with van der Waals surface area (Å²) in [4.78, 5) is 31.2. The SMILES string of the molecule is CCC(C)NC(=O)c1csc(CN(C(=O)Nc2ccc(C(C)C)cc2)C(C)C)n1. The third-order valence-electron chi connectivity index (χ3n) is 4.79. The van der Waals surface area contributed by atoms with E-state index in [4.69, 9.17) is 0 Å². The Kier molecular flexibility index (Phi) is 8.20. The number of thiazole rings is 1. The van der Waals surface area contributed by atoms with Gasteiger partial charge in [0, 0.05) is 23.2 Å². The summed E-state index contributed by atoms with van der Waals surface area (Å²) in [5.74, 6) is 0.274. The molecule has 0 spiro atoms. The average Bonchev–Trinajstić information content (AvgIpc) is 3.15. The number of hydrogen-bond donors (Lipinski definition) is 2. The quantitative estimate of drug-likeness (QED) is 0.618. The number of amides is 3. The standard InChI is InChI=1S/C22H32N4O2S/c1-7-16(6)23-21(27)19-13-29-20(25-19)12-26(15(4)5)22(28)24-18-10-8-17(9-11-18)14(2)3/h8-11,13-16H,7,12H2,1-6H3,(H,23,27)(H,24,28). The number of aromatic nitrogens is 1. The lowest BCUT2D eigenvalue weighted by Gasteiger charge is -2.26. The second-order valence-corrected chi connectivity index (χ2v) is 8.78. The van der Waals surface area contributed by atoms with E-state index in [-0.39, 0.29) is 24.0 Å². The van der Waals surface area contributed by atoms with E-state index in [1.807, 2.05) is 52.0 Å². The Hall–Kier alpha value is -2.41. The summed E-state index contributed by atoms with van der Waals surface area (Å²) in [5.41, 5.74) is 2.39. The van der Waals surface area contributed by atoms with Crippen molar-refractivity contribution in [3.63, 3.8) is 0 Å². The molecule has 3 amide bonds. The highest BCUT2D eigenvalue weighted by molar-refractivity contribution is 7.09. The molecule has 0 aliphatic heterocycles. The van der Waals surface area contributed by atoms with E-state index in [2.05, 4.69) is 29.5 Å². The van der Waals surface area contributed by atoms with Crippen LogP contribution in [-0.4, -0.2) is 33.9 Å². The highest BCUT2D eigenvalue weighted by Crippen LogP contribution is 2.19. The molecule has 2 rings (SSSR count). The molecular weight excluding hydrogens is 384 g/mol. The fourth-order valence-electron chi connectivity index (χ4n) is 2.67. The molecule has 7 heteroatoms. The lowest BCUT2D eigenvalue weighted by molar-refractivity contribution is 0.0934. The van der Waals surface area contributed by atoms with Gasteiger partial charge in [0.05, 0.1) is 6.54 Å². The number of anilines is 1. The maximum atomic E-state index is 12.8. The van der Waals surface area contributed by atoms with Gasteiger partial charge in [-0.2, -0.15) is 0 Å². The Morgan fingerprint density at radius 3 is 2.31 bits per heavy atom. The Labute approximate surface area is 177 Å². The summed E-state index contributed by atoms with van der Waals surface area (Å²) >= 11 is 1.39. The first kappa shape index (κ1) is 22.9. The maximum Gasteiger partial charge on any atom is 0.322 e. The van der Waals surface area contributed by atoms with Crippen LogP contribution in [0.4, 0.5) is 10.5 Å². The van der Waals surface area contributed by atoms with Gasteiger partial charge in [-0.1, -0.05) is 32.9 Å². The van der Waals surface area contributed by atoms with Crippen LogP contribution in [0.1, 0.15) is 74.9 Å². The first-order valence-electron chi connectivity index (χ1n) is 10.1. The largest absolute Gasteiger partial charge is 0.348 e. The van der Waals surface area contributed by atoms with Gasteiger partial charge in [-0.3, -0.25) is 4.79 Å². The van der Waals surface area contributed by atoms with Gasteiger partial charge in [-0.05, 0) is 50.8 Å². The molecule has 0 aliphatic rings. The summed E-state index contributed by atoms with van der Waals surface area (Å²) in [7, 11) is 0. The highest BCUT2D eigenvalue weighted by atomic mass is 32.1. The number of nitrogens with zero attached hydrogens (tertiary/aromatic N) is 2. The summed E-state index contributed by atoms with van der Waals surface area (Å²) in [6.07, 6.45) is 0.863. The lowest BCUT2D eigenvalue weighted by atomic mass is 10.0. The third kappa shape index (κ3) is 6.56. The maximum absolute atomic E-state index is 12.8. The predicted octanol–water partition coefficient (Wildman–Crippen LogP) is 5.24. The van der Waals surface area contributed by atoms with Gasteiger partial charge >= 0.3 is 6.03 Å². The molecule has 158 valence electrons. The second kappa shape index (κ2) is 10.4. The van der Waals surface area contributed by atoms with Crippen LogP contribution in [-0.2, 0) is 6.54 Å². The number of carbonyl (C=O) groups excluding carboxylic acids is 2. The van der Waals surface area contributed by atoms with Crippen molar-refractivity contribution in [2.75, 3.05) is 5.32 Å². The van der Waals surface area contributed by atoms with Crippen molar-refractivity contribution < 1.29 is 9.59 Å². The number of rotatable bonds is 8. The zero-order chi connectivity index (χ0) is 21.6. The number of benzene rings is 1. The first-order chi connectivity index (χ1) is 13.7. The molecule has 2 aromatic rings. The first-order valence-corrected chi connectivity index (χ1v) is 11.0. The van der Waals surface area contributed by atoms with Crippen LogP contribution in [0.3, 0.4) is 0 Å². The zero-order valence-corrected chi connectivity index (χ0v) is 19.0. The van der Waals surface area contributed by atoms with Crippen molar-refractivity contribution in [3.8, 4) is 0 Å². The minimum atomic E-state index is -0.182. The molecule has 0 fully saturated rings. The molecule has 0 aliphatic carbocycles. The Morgan fingerprint density at radius 2 is 1.76 bits per heavy atom. The monoisotopic (exact) mass is 416 g/mol. The van der Waals surface area contributed by atoms with Crippen molar-refractivity contribution in [1.82, 2.24) is 15.2 Å². The van der Waals surface area contributed by atoms with Crippen molar-refractivity contribution >= 4 is 29.0 Å². The van der Waals surface area contributed by atoms with E-state index in [1.54, 1.807) is 10.3 Å². The molecule has 1 aromatic heterocycles. The average molecular weight is 417 g/mol. The van der Waals surface area contributed by atoms with Gasteiger partial charge in [0.1, 0.15) is 10.7 Å². The van der Waals surface area contributed by atoms with Gasteiger partial charge in [0.2, 0.25) is 0 Å². The van der Waals surface area contributed by atoms with Gasteiger partial charge in [-0.25, -0.2) is 9.78 Å². The Bertz CT molecular complexity index is 814. The number of carbonyl (C=O) groups is 2. The molecule has 1 atom stereocenters. The van der Waals surface area contributed by atoms with Crippen molar-refractivity contribution in [2.45, 2.75) is 72.5 Å².